The van der Waals surface area contributed by atoms with Crippen molar-refractivity contribution in [1.82, 2.24) is 14.4 Å². The Kier molecular flexibility index (Phi) is 6.90. The van der Waals surface area contributed by atoms with E-state index in [1.54, 1.807) is 0 Å². The highest BCUT2D eigenvalue weighted by Crippen LogP contribution is 2.20. The molecule has 2 fully saturated rings. The molecule has 2 aliphatic rings. The molecule has 2 saturated heterocycles. The van der Waals surface area contributed by atoms with Crippen LogP contribution in [0.2, 0.25) is 0 Å². The van der Waals surface area contributed by atoms with Crippen molar-refractivity contribution in [1.29, 1.82) is 0 Å². The quantitative estimate of drug-likeness (QED) is 0.700. The lowest BCUT2D eigenvalue weighted by Crippen LogP contribution is -2.39. The van der Waals surface area contributed by atoms with Crippen LogP contribution in [0.4, 0.5) is 0 Å². The lowest BCUT2D eigenvalue weighted by molar-refractivity contribution is -0.149. The van der Waals surface area contributed by atoms with E-state index in [2.05, 4.69) is 32.7 Å². The molecule has 3 rings (SSSR count). The van der Waals surface area contributed by atoms with Gasteiger partial charge in [-0.3, -0.25) is 14.6 Å². The third-order valence-electron chi connectivity index (χ3n) is 5.28. The Bertz CT molecular complexity index is 532. The second-order valence-corrected chi connectivity index (χ2v) is 6.95. The Balaban J connectivity index is 1.44. The van der Waals surface area contributed by atoms with Crippen molar-refractivity contribution in [2.45, 2.75) is 32.9 Å². The number of morpholine rings is 1. The third-order valence-corrected chi connectivity index (χ3v) is 5.28. The molecule has 1 aromatic rings. The molecule has 0 amide bonds. The van der Waals surface area contributed by atoms with Gasteiger partial charge in [-0.1, -0.05) is 0 Å². The van der Waals surface area contributed by atoms with E-state index < -0.39 is 0 Å². The van der Waals surface area contributed by atoms with Gasteiger partial charge < -0.3 is 14.0 Å². The van der Waals surface area contributed by atoms with Crippen LogP contribution in [0, 0.1) is 5.92 Å². The Morgan fingerprint density at radius 3 is 2.64 bits per heavy atom. The van der Waals surface area contributed by atoms with Crippen LogP contribution in [0.25, 0.3) is 0 Å². The van der Waals surface area contributed by atoms with Gasteiger partial charge in [-0.15, -0.1) is 0 Å². The predicted octanol–water partition coefficient (Wildman–Crippen LogP) is 1.60. The highest BCUT2D eigenvalue weighted by atomic mass is 16.5. The molecule has 0 aromatic carbocycles. The number of piperidine rings is 1. The van der Waals surface area contributed by atoms with Crippen LogP contribution in [0.3, 0.4) is 0 Å². The maximum absolute atomic E-state index is 11.9. The molecule has 0 saturated carbocycles. The summed E-state index contributed by atoms with van der Waals surface area (Å²) >= 11 is 0. The van der Waals surface area contributed by atoms with Gasteiger partial charge in [0.1, 0.15) is 0 Å². The van der Waals surface area contributed by atoms with Gasteiger partial charge in [0.15, 0.2) is 0 Å². The third kappa shape index (κ3) is 5.30. The Morgan fingerprint density at radius 1 is 1.16 bits per heavy atom. The zero-order valence-corrected chi connectivity index (χ0v) is 15.4. The van der Waals surface area contributed by atoms with Crippen LogP contribution < -0.4 is 0 Å². The smallest absolute Gasteiger partial charge is 0.309 e. The zero-order valence-electron chi connectivity index (χ0n) is 15.4. The fraction of sp³-hybridized carbons (Fsp3) is 0.737. The Labute approximate surface area is 150 Å². The van der Waals surface area contributed by atoms with Gasteiger partial charge in [-0.05, 0) is 45.0 Å². The van der Waals surface area contributed by atoms with E-state index in [9.17, 15) is 4.79 Å². The van der Waals surface area contributed by atoms with Crippen LogP contribution in [0.1, 0.15) is 25.5 Å². The van der Waals surface area contributed by atoms with Crippen LogP contribution in [0.5, 0.6) is 0 Å². The molecule has 2 aliphatic heterocycles. The average Bonchev–Trinajstić information content (AvgIpc) is 3.09. The summed E-state index contributed by atoms with van der Waals surface area (Å²) in [7, 11) is 0. The van der Waals surface area contributed by atoms with Gasteiger partial charge in [0.05, 0.1) is 25.7 Å². The second kappa shape index (κ2) is 9.36. The number of likely N-dealkylation sites (tertiary alicyclic amines) is 1. The number of rotatable bonds is 7. The summed E-state index contributed by atoms with van der Waals surface area (Å²) in [6.45, 7) is 11.2. The summed E-state index contributed by atoms with van der Waals surface area (Å²) in [6.07, 6.45) is 4.00. The van der Waals surface area contributed by atoms with Crippen LogP contribution in [0.15, 0.2) is 18.3 Å². The Morgan fingerprint density at radius 2 is 1.92 bits per heavy atom. The first-order valence-corrected chi connectivity index (χ1v) is 9.59. The average molecular weight is 349 g/mol. The number of carbonyl (C=O) groups is 1. The monoisotopic (exact) mass is 349 g/mol. The molecule has 3 heterocycles. The maximum atomic E-state index is 11.9. The number of esters is 1. The molecule has 25 heavy (non-hydrogen) atoms. The Hall–Kier alpha value is -1.37. The molecule has 0 aliphatic carbocycles. The van der Waals surface area contributed by atoms with E-state index in [1.165, 1.54) is 5.69 Å². The van der Waals surface area contributed by atoms with Crippen LogP contribution >= 0.6 is 0 Å². The van der Waals surface area contributed by atoms with Gasteiger partial charge in [0.2, 0.25) is 0 Å². The zero-order chi connectivity index (χ0) is 17.5. The van der Waals surface area contributed by atoms with Crippen molar-refractivity contribution in [2.75, 3.05) is 52.5 Å². The molecular formula is C19H31N3O3. The van der Waals surface area contributed by atoms with Crippen molar-refractivity contribution in [3.63, 3.8) is 0 Å². The molecule has 6 nitrogen and oxygen atoms in total. The summed E-state index contributed by atoms with van der Waals surface area (Å²) in [5, 5.41) is 0. The number of nitrogens with zero attached hydrogens (tertiary/aromatic N) is 3. The fourth-order valence-corrected chi connectivity index (χ4v) is 3.70. The van der Waals surface area contributed by atoms with Gasteiger partial charge in [0, 0.05) is 44.6 Å². The van der Waals surface area contributed by atoms with Gasteiger partial charge in [0.25, 0.3) is 0 Å². The normalized spacial score (nSPS) is 20.7. The number of ether oxygens (including phenoxy) is 2. The number of hydrogen-bond donors (Lipinski definition) is 0. The topological polar surface area (TPSA) is 46.9 Å². The minimum atomic E-state index is -0.0176. The first-order chi connectivity index (χ1) is 12.3. The van der Waals surface area contributed by atoms with E-state index in [0.717, 1.165) is 71.9 Å². The summed E-state index contributed by atoms with van der Waals surface area (Å²) in [6, 6.07) is 4.36. The molecule has 1 aromatic heterocycles. The highest BCUT2D eigenvalue weighted by Gasteiger charge is 2.26. The summed E-state index contributed by atoms with van der Waals surface area (Å²) < 4.78 is 12.9. The molecular weight excluding hydrogens is 318 g/mol. The van der Waals surface area contributed by atoms with E-state index in [1.807, 2.05) is 6.92 Å². The van der Waals surface area contributed by atoms with E-state index in [0.29, 0.717) is 6.61 Å². The van der Waals surface area contributed by atoms with Crippen molar-refractivity contribution in [3.05, 3.63) is 24.0 Å². The number of hydrogen-bond acceptors (Lipinski definition) is 5. The summed E-state index contributed by atoms with van der Waals surface area (Å²) in [5.74, 6) is 0.0698. The molecule has 0 N–H and O–H groups in total. The van der Waals surface area contributed by atoms with Crippen molar-refractivity contribution >= 4 is 5.97 Å². The molecule has 0 bridgehead atoms. The highest BCUT2D eigenvalue weighted by molar-refractivity contribution is 5.72. The van der Waals surface area contributed by atoms with E-state index in [4.69, 9.17) is 9.47 Å². The summed E-state index contributed by atoms with van der Waals surface area (Å²) in [4.78, 5) is 16.8. The minimum absolute atomic E-state index is 0.0176. The van der Waals surface area contributed by atoms with Crippen molar-refractivity contribution in [3.8, 4) is 0 Å². The molecule has 0 atom stereocenters. The number of carbonyl (C=O) groups excluding carboxylic acids is 1. The minimum Gasteiger partial charge on any atom is -0.466 e. The number of aromatic nitrogens is 1. The largest absolute Gasteiger partial charge is 0.466 e. The van der Waals surface area contributed by atoms with Gasteiger partial charge >= 0.3 is 5.97 Å². The standard InChI is InChI=1S/C19H31N3O3/c1-2-25-19(23)17-5-8-21(9-6-17)16-18-4-3-7-22(18)11-10-20-12-14-24-15-13-20/h3-4,7,17H,2,5-6,8-16H2,1H3. The molecule has 6 heteroatoms. The van der Waals surface area contributed by atoms with Crippen LogP contribution in [-0.4, -0.2) is 72.9 Å². The molecule has 0 radical (unpaired) electrons. The van der Waals surface area contributed by atoms with Gasteiger partial charge in [-0.25, -0.2) is 0 Å². The molecule has 140 valence electrons. The van der Waals surface area contributed by atoms with Crippen molar-refractivity contribution < 1.29 is 14.3 Å². The van der Waals surface area contributed by atoms with Crippen LogP contribution in [-0.2, 0) is 27.4 Å². The molecule has 0 unspecified atom stereocenters. The summed E-state index contributed by atoms with van der Waals surface area (Å²) in [5.41, 5.74) is 1.36. The predicted molar refractivity (Wildman–Crippen MR) is 96.3 cm³/mol. The first kappa shape index (κ1) is 18.4. The van der Waals surface area contributed by atoms with Crippen molar-refractivity contribution in [2.24, 2.45) is 5.92 Å². The molecule has 0 spiro atoms. The maximum Gasteiger partial charge on any atom is 0.309 e. The van der Waals surface area contributed by atoms with Gasteiger partial charge in [-0.2, -0.15) is 0 Å². The SMILES string of the molecule is CCOC(=O)C1CCN(Cc2cccn2CCN2CCOCC2)CC1. The second-order valence-electron chi connectivity index (χ2n) is 6.95. The lowest BCUT2D eigenvalue weighted by Gasteiger charge is -2.31. The van der Waals surface area contributed by atoms with E-state index in [-0.39, 0.29) is 11.9 Å². The fourth-order valence-electron chi connectivity index (χ4n) is 3.70. The first-order valence-electron chi connectivity index (χ1n) is 9.59. The van der Waals surface area contributed by atoms with E-state index >= 15 is 0 Å². The lowest BCUT2D eigenvalue weighted by atomic mass is 9.97.